The third kappa shape index (κ3) is 3.93. The number of nitrogens with zero attached hydrogens (tertiary/aromatic N) is 2. The van der Waals surface area contributed by atoms with Crippen molar-refractivity contribution in [3.8, 4) is 11.8 Å². The summed E-state index contributed by atoms with van der Waals surface area (Å²) in [7, 11) is 0. The minimum absolute atomic E-state index is 0.0214. The van der Waals surface area contributed by atoms with Crippen molar-refractivity contribution in [2.45, 2.75) is 25.8 Å². The highest BCUT2D eigenvalue weighted by Gasteiger charge is 2.34. The third-order valence-electron chi connectivity index (χ3n) is 5.43. The summed E-state index contributed by atoms with van der Waals surface area (Å²) < 4.78 is 7.39. The van der Waals surface area contributed by atoms with Gasteiger partial charge in [-0.15, -0.1) is 0 Å². The molecule has 1 aliphatic heterocycles. The summed E-state index contributed by atoms with van der Waals surface area (Å²) in [6.07, 6.45) is 0.696. The lowest BCUT2D eigenvalue weighted by atomic mass is 9.84. The largest absolute Gasteiger partial charge is 0.440 e. The number of halogens is 2. The van der Waals surface area contributed by atoms with Crippen LogP contribution in [0.15, 0.2) is 70.8 Å². The molecule has 0 aliphatic carbocycles. The summed E-state index contributed by atoms with van der Waals surface area (Å²) in [4.78, 5) is 13.6. The second kappa shape index (κ2) is 8.50. The first kappa shape index (κ1) is 21.0. The topological polar surface area (TPSA) is 81.0 Å². The first-order valence-corrected chi connectivity index (χ1v) is 10.5. The predicted molar refractivity (Wildman–Crippen MR) is 121 cm³/mol. The monoisotopic (exact) mass is 451 g/mol. The van der Waals surface area contributed by atoms with Gasteiger partial charge in [-0.05, 0) is 36.6 Å². The number of benzene rings is 2. The maximum absolute atomic E-state index is 13.6. The lowest BCUT2D eigenvalue weighted by Crippen LogP contribution is -2.33. The van der Waals surface area contributed by atoms with Gasteiger partial charge in [-0.2, -0.15) is 5.26 Å². The highest BCUT2D eigenvalue weighted by molar-refractivity contribution is 6.42. The van der Waals surface area contributed by atoms with Gasteiger partial charge in [-0.1, -0.05) is 59.6 Å². The van der Waals surface area contributed by atoms with Crippen LogP contribution in [0.3, 0.4) is 0 Å². The number of fused-ring (bicyclic) bond motifs is 1. The normalized spacial score (nSPS) is 15.2. The average molecular weight is 452 g/mol. The van der Waals surface area contributed by atoms with Gasteiger partial charge in [0.25, 0.3) is 5.56 Å². The molecular formula is C24H19Cl2N3O2. The number of allylic oxidation sites excluding steroid dienone is 1. The lowest BCUT2D eigenvalue weighted by Gasteiger charge is -2.27. The van der Waals surface area contributed by atoms with Crippen molar-refractivity contribution in [1.82, 2.24) is 4.57 Å². The lowest BCUT2D eigenvalue weighted by molar-refractivity contribution is 0.388. The van der Waals surface area contributed by atoms with Gasteiger partial charge in [0.15, 0.2) is 0 Å². The highest BCUT2D eigenvalue weighted by atomic mass is 35.5. The molecule has 156 valence electrons. The van der Waals surface area contributed by atoms with Crippen LogP contribution < -0.4 is 16.0 Å². The van der Waals surface area contributed by atoms with Crippen LogP contribution in [0.25, 0.3) is 0 Å². The van der Waals surface area contributed by atoms with E-state index in [1.54, 1.807) is 28.8 Å². The molecule has 2 N–H and O–H groups in total. The number of rotatable bonds is 4. The summed E-state index contributed by atoms with van der Waals surface area (Å²) in [5.41, 5.74) is 8.88. The molecule has 0 saturated carbocycles. The van der Waals surface area contributed by atoms with Crippen LogP contribution in [-0.2, 0) is 13.0 Å². The quantitative estimate of drug-likeness (QED) is 0.609. The van der Waals surface area contributed by atoms with Gasteiger partial charge < -0.3 is 15.0 Å². The standard InChI is InChI=1S/C24H19Cl2N3O2/c1-14-11-20-22(24(30)29(14)10-9-15-5-3-2-4-6-15)21(17(13-27)23(28)31-20)16-7-8-18(25)19(26)12-16/h2-8,11-12,21H,9-10,28H2,1H3/t21-/m0/s1. The number of aromatic nitrogens is 1. The fourth-order valence-corrected chi connectivity index (χ4v) is 4.18. The number of nitrogens with two attached hydrogens (primary N) is 1. The maximum Gasteiger partial charge on any atom is 0.258 e. The van der Waals surface area contributed by atoms with Crippen molar-refractivity contribution in [1.29, 1.82) is 5.26 Å². The minimum Gasteiger partial charge on any atom is -0.440 e. The zero-order valence-corrected chi connectivity index (χ0v) is 18.2. The third-order valence-corrected chi connectivity index (χ3v) is 6.17. The first-order valence-electron chi connectivity index (χ1n) is 9.71. The minimum atomic E-state index is -0.695. The number of nitriles is 1. The second-order valence-corrected chi connectivity index (χ2v) is 8.17. The maximum atomic E-state index is 13.6. The molecule has 1 aliphatic rings. The van der Waals surface area contributed by atoms with Crippen LogP contribution in [0.1, 0.15) is 28.3 Å². The SMILES string of the molecule is Cc1cc2c(c(=O)n1CCc1ccccc1)[C@@H](c1ccc(Cl)c(Cl)c1)C(C#N)=C(N)O2. The van der Waals surface area contributed by atoms with Gasteiger partial charge in [0.05, 0.1) is 21.5 Å². The van der Waals surface area contributed by atoms with Crippen molar-refractivity contribution >= 4 is 23.2 Å². The van der Waals surface area contributed by atoms with E-state index in [0.717, 1.165) is 11.3 Å². The predicted octanol–water partition coefficient (Wildman–Crippen LogP) is 4.92. The van der Waals surface area contributed by atoms with E-state index in [-0.39, 0.29) is 17.0 Å². The van der Waals surface area contributed by atoms with Crippen molar-refractivity contribution in [2.24, 2.45) is 5.73 Å². The Hall–Kier alpha value is -3.20. The van der Waals surface area contributed by atoms with Crippen molar-refractivity contribution in [3.63, 3.8) is 0 Å². The number of hydrogen-bond donors (Lipinski definition) is 1. The summed E-state index contributed by atoms with van der Waals surface area (Å²) in [6, 6.07) is 18.9. The molecule has 31 heavy (non-hydrogen) atoms. The Morgan fingerprint density at radius 3 is 2.55 bits per heavy atom. The zero-order chi connectivity index (χ0) is 22.1. The van der Waals surface area contributed by atoms with Gasteiger partial charge in [0, 0.05) is 18.3 Å². The van der Waals surface area contributed by atoms with Gasteiger partial charge in [0.2, 0.25) is 5.88 Å². The van der Waals surface area contributed by atoms with Crippen LogP contribution >= 0.6 is 23.2 Å². The Kier molecular flexibility index (Phi) is 5.77. The summed E-state index contributed by atoms with van der Waals surface area (Å²) >= 11 is 12.3. The molecule has 2 aromatic carbocycles. The molecule has 0 unspecified atom stereocenters. The van der Waals surface area contributed by atoms with E-state index < -0.39 is 5.92 Å². The van der Waals surface area contributed by atoms with Crippen LogP contribution in [0, 0.1) is 18.3 Å². The van der Waals surface area contributed by atoms with Crippen molar-refractivity contribution in [3.05, 3.63) is 109 Å². The molecule has 3 aromatic rings. The molecule has 0 radical (unpaired) electrons. The van der Waals surface area contributed by atoms with Gasteiger partial charge >= 0.3 is 0 Å². The van der Waals surface area contributed by atoms with E-state index in [4.69, 9.17) is 33.7 Å². The molecule has 7 heteroatoms. The Bertz CT molecular complexity index is 1290. The summed E-state index contributed by atoms with van der Waals surface area (Å²) in [6.45, 7) is 2.35. The number of hydrogen-bond acceptors (Lipinski definition) is 4. The van der Waals surface area contributed by atoms with E-state index in [9.17, 15) is 10.1 Å². The van der Waals surface area contributed by atoms with E-state index in [2.05, 4.69) is 6.07 Å². The smallest absolute Gasteiger partial charge is 0.258 e. The zero-order valence-electron chi connectivity index (χ0n) is 16.7. The molecule has 0 spiro atoms. The van der Waals surface area contributed by atoms with Crippen molar-refractivity contribution in [2.75, 3.05) is 0 Å². The molecule has 1 atom stereocenters. The van der Waals surface area contributed by atoms with Gasteiger partial charge in [-0.3, -0.25) is 4.79 Å². The molecule has 0 fully saturated rings. The van der Waals surface area contributed by atoms with E-state index in [1.165, 1.54) is 0 Å². The van der Waals surface area contributed by atoms with Crippen LogP contribution in [0.5, 0.6) is 5.75 Å². The van der Waals surface area contributed by atoms with Crippen LogP contribution in [0.4, 0.5) is 0 Å². The number of pyridine rings is 1. The molecule has 2 heterocycles. The Morgan fingerprint density at radius 2 is 1.87 bits per heavy atom. The van der Waals surface area contributed by atoms with Crippen molar-refractivity contribution < 1.29 is 4.74 Å². The summed E-state index contributed by atoms with van der Waals surface area (Å²) in [5, 5.41) is 10.5. The highest BCUT2D eigenvalue weighted by Crippen LogP contribution is 2.41. The second-order valence-electron chi connectivity index (χ2n) is 7.35. The molecular weight excluding hydrogens is 433 g/mol. The van der Waals surface area contributed by atoms with Gasteiger partial charge in [0.1, 0.15) is 17.4 Å². The van der Waals surface area contributed by atoms with E-state index >= 15 is 0 Å². The van der Waals surface area contributed by atoms with Crippen LogP contribution in [-0.4, -0.2) is 4.57 Å². The summed E-state index contributed by atoms with van der Waals surface area (Å²) in [5.74, 6) is -0.363. The Morgan fingerprint density at radius 1 is 1.13 bits per heavy atom. The number of aryl methyl sites for hydroxylation is 2. The first-order chi connectivity index (χ1) is 14.9. The molecule has 1 aromatic heterocycles. The van der Waals surface area contributed by atoms with E-state index in [1.807, 2.05) is 37.3 Å². The van der Waals surface area contributed by atoms with Crippen LogP contribution in [0.2, 0.25) is 10.0 Å². The Labute approximate surface area is 189 Å². The fraction of sp³-hybridized carbons (Fsp3) is 0.167. The number of ether oxygens (including phenoxy) is 1. The molecule has 4 rings (SSSR count). The van der Waals surface area contributed by atoms with E-state index in [0.29, 0.717) is 39.9 Å². The molecule has 0 bridgehead atoms. The Balaban J connectivity index is 1.85. The van der Waals surface area contributed by atoms with Gasteiger partial charge in [-0.25, -0.2) is 0 Å². The molecule has 0 saturated heterocycles. The fourth-order valence-electron chi connectivity index (χ4n) is 3.87. The molecule has 0 amide bonds. The molecule has 5 nitrogen and oxygen atoms in total. The average Bonchev–Trinajstić information content (AvgIpc) is 2.75.